The fraction of sp³-hybridized carbons (Fsp3) is 0.739. The lowest BCUT2D eigenvalue weighted by molar-refractivity contribution is -0.148. The van der Waals surface area contributed by atoms with Crippen molar-refractivity contribution in [3.8, 4) is 0 Å². The molecule has 4 aliphatic carbocycles. The van der Waals surface area contributed by atoms with Crippen LogP contribution in [0.2, 0.25) is 0 Å². The Bertz CT molecular complexity index is 736. The van der Waals surface area contributed by atoms with Gasteiger partial charge in [-0.25, -0.2) is 0 Å². The first kappa shape index (κ1) is 18.8. The molecule has 1 N–H and O–H groups in total. The minimum Gasteiger partial charge on any atom is -0.462 e. The van der Waals surface area contributed by atoms with Crippen LogP contribution in [-0.4, -0.2) is 23.0 Å². The summed E-state index contributed by atoms with van der Waals surface area (Å²) in [7, 11) is 0. The highest BCUT2D eigenvalue weighted by molar-refractivity contribution is 5.99. The molecule has 148 valence electrons. The molecular weight excluding hydrogens is 338 g/mol. The van der Waals surface area contributed by atoms with Crippen LogP contribution in [0.15, 0.2) is 28.5 Å². The van der Waals surface area contributed by atoms with E-state index in [1.165, 1.54) is 30.9 Å². The number of rotatable bonds is 2. The monoisotopic (exact) mass is 371 g/mol. The lowest BCUT2D eigenvalue weighted by atomic mass is 9.47. The highest BCUT2D eigenvalue weighted by Gasteiger charge is 2.57. The van der Waals surface area contributed by atoms with Crippen LogP contribution in [0, 0.1) is 28.6 Å². The molecule has 0 aromatic carbocycles. The Morgan fingerprint density at radius 1 is 1.11 bits per heavy atom. The van der Waals surface area contributed by atoms with Crippen molar-refractivity contribution >= 4 is 11.7 Å². The van der Waals surface area contributed by atoms with Gasteiger partial charge in [0.1, 0.15) is 6.10 Å². The number of carbonyl (C=O) groups is 1. The summed E-state index contributed by atoms with van der Waals surface area (Å²) in [5, 5.41) is 12.8. The summed E-state index contributed by atoms with van der Waals surface area (Å²) in [5.74, 6) is 1.90. The molecule has 0 spiro atoms. The summed E-state index contributed by atoms with van der Waals surface area (Å²) in [4.78, 5) is 11.4. The molecule has 0 heterocycles. The van der Waals surface area contributed by atoms with Crippen molar-refractivity contribution < 1.29 is 14.7 Å². The summed E-state index contributed by atoms with van der Waals surface area (Å²) in [6.07, 6.45) is 12.6. The van der Waals surface area contributed by atoms with Gasteiger partial charge >= 0.3 is 5.97 Å². The van der Waals surface area contributed by atoms with Crippen molar-refractivity contribution in [2.75, 3.05) is 0 Å². The molecule has 6 atom stereocenters. The molecule has 0 bridgehead atoms. The van der Waals surface area contributed by atoms with Crippen molar-refractivity contribution in [1.82, 2.24) is 0 Å². The van der Waals surface area contributed by atoms with Crippen LogP contribution in [0.25, 0.3) is 0 Å². The van der Waals surface area contributed by atoms with E-state index in [4.69, 9.17) is 4.74 Å². The number of esters is 1. The number of ether oxygens (including phenoxy) is 1. The van der Waals surface area contributed by atoms with Gasteiger partial charge in [0.25, 0.3) is 0 Å². The number of allylic oxidation sites excluding steroid dienone is 3. The summed E-state index contributed by atoms with van der Waals surface area (Å²) < 4.78 is 5.53. The molecule has 0 aromatic rings. The lowest BCUT2D eigenvalue weighted by Crippen LogP contribution is -2.50. The number of oxime groups is 1. The maximum atomic E-state index is 11.4. The van der Waals surface area contributed by atoms with E-state index in [0.717, 1.165) is 37.8 Å². The second-order valence-electron chi connectivity index (χ2n) is 9.73. The number of hydrogen-bond acceptors (Lipinski definition) is 4. The average molecular weight is 372 g/mol. The first-order valence-corrected chi connectivity index (χ1v) is 10.6. The van der Waals surface area contributed by atoms with Crippen LogP contribution in [0.4, 0.5) is 0 Å². The van der Waals surface area contributed by atoms with Crippen molar-refractivity contribution in [3.05, 3.63) is 23.3 Å². The van der Waals surface area contributed by atoms with E-state index in [1.807, 2.05) is 6.92 Å². The second-order valence-corrected chi connectivity index (χ2v) is 9.73. The fourth-order valence-corrected chi connectivity index (χ4v) is 7.14. The summed E-state index contributed by atoms with van der Waals surface area (Å²) in [6, 6.07) is 0. The zero-order chi connectivity index (χ0) is 19.4. The van der Waals surface area contributed by atoms with Gasteiger partial charge in [-0.15, -0.1) is 0 Å². The van der Waals surface area contributed by atoms with Gasteiger partial charge in [0, 0.05) is 13.3 Å². The van der Waals surface area contributed by atoms with Crippen molar-refractivity contribution in [2.45, 2.75) is 78.7 Å². The zero-order valence-electron chi connectivity index (χ0n) is 17.1. The molecule has 0 aromatic heterocycles. The molecule has 27 heavy (non-hydrogen) atoms. The largest absolute Gasteiger partial charge is 0.462 e. The number of carbonyl (C=O) groups excluding carboxylic acids is 1. The molecule has 0 aliphatic heterocycles. The van der Waals surface area contributed by atoms with Gasteiger partial charge < -0.3 is 9.94 Å². The zero-order valence-corrected chi connectivity index (χ0v) is 17.1. The normalized spacial score (nSPS) is 43.8. The number of hydrogen-bond donors (Lipinski definition) is 1. The van der Waals surface area contributed by atoms with Crippen LogP contribution in [0.1, 0.15) is 72.6 Å². The van der Waals surface area contributed by atoms with E-state index < -0.39 is 0 Å². The highest BCUT2D eigenvalue weighted by Crippen LogP contribution is 2.65. The molecule has 2 saturated carbocycles. The van der Waals surface area contributed by atoms with E-state index in [-0.39, 0.29) is 22.9 Å². The minimum absolute atomic E-state index is 0.0652. The third kappa shape index (κ3) is 2.78. The van der Waals surface area contributed by atoms with E-state index >= 15 is 0 Å². The van der Waals surface area contributed by atoms with Crippen LogP contribution in [0.5, 0.6) is 0 Å². The smallest absolute Gasteiger partial charge is 0.302 e. The van der Waals surface area contributed by atoms with E-state index in [1.54, 1.807) is 0 Å². The maximum Gasteiger partial charge on any atom is 0.302 e. The molecule has 0 radical (unpaired) electrons. The maximum absolute atomic E-state index is 11.4. The predicted molar refractivity (Wildman–Crippen MR) is 106 cm³/mol. The van der Waals surface area contributed by atoms with Gasteiger partial charge in [-0.3, -0.25) is 4.79 Å². The number of nitrogens with zero attached hydrogens (tertiary/aromatic N) is 1. The van der Waals surface area contributed by atoms with Gasteiger partial charge in [0.05, 0.1) is 5.71 Å². The lowest BCUT2D eigenvalue weighted by Gasteiger charge is -2.57. The van der Waals surface area contributed by atoms with Gasteiger partial charge in [-0.2, -0.15) is 0 Å². The molecule has 4 heteroatoms. The Morgan fingerprint density at radius 2 is 1.85 bits per heavy atom. The SMILES string of the molecule is CC(=O)O[C@H]1CC[C@@]2(C)C(=CC[C@H]3[C@H]2CC[C@]2(C)C(/C(C)=N/O)=CC[C@@H]32)C1. The van der Waals surface area contributed by atoms with Crippen LogP contribution in [0.3, 0.4) is 0 Å². The minimum atomic E-state index is -0.156. The van der Waals surface area contributed by atoms with Crippen LogP contribution >= 0.6 is 0 Å². The standard InChI is InChI=1S/C23H33NO3/c1-14(24-26)19-7-8-20-18-6-5-16-13-17(27-15(2)25)9-11-22(16,3)21(18)10-12-23(19,20)4/h5,7,17-18,20-21,26H,6,8-13H2,1-4H3/b24-14+/t17-,18+,20-,21+,22-,23+/m0/s1. The van der Waals surface area contributed by atoms with Gasteiger partial charge in [-0.05, 0) is 79.6 Å². The molecular formula is C23H33NO3. The first-order valence-electron chi connectivity index (χ1n) is 10.6. The Hall–Kier alpha value is -1.58. The summed E-state index contributed by atoms with van der Waals surface area (Å²) in [6.45, 7) is 8.30. The molecule has 0 amide bonds. The third-order valence-electron chi connectivity index (χ3n) is 8.51. The molecule has 2 fully saturated rings. The average Bonchev–Trinajstić information content (AvgIpc) is 2.98. The van der Waals surface area contributed by atoms with E-state index in [9.17, 15) is 10.0 Å². The highest BCUT2D eigenvalue weighted by atomic mass is 16.5. The summed E-state index contributed by atoms with van der Waals surface area (Å²) in [5.41, 5.74) is 3.99. The first-order chi connectivity index (χ1) is 12.8. The third-order valence-corrected chi connectivity index (χ3v) is 8.51. The van der Waals surface area contributed by atoms with Gasteiger partial charge in [0.2, 0.25) is 0 Å². The molecule has 4 nitrogen and oxygen atoms in total. The second kappa shape index (κ2) is 6.49. The van der Waals surface area contributed by atoms with Gasteiger partial charge in [-0.1, -0.05) is 36.7 Å². The quantitative estimate of drug-likeness (QED) is 0.237. The predicted octanol–water partition coefficient (Wildman–Crippen LogP) is 5.27. The van der Waals surface area contributed by atoms with E-state index in [0.29, 0.717) is 17.8 Å². The Morgan fingerprint density at radius 3 is 2.56 bits per heavy atom. The van der Waals surface area contributed by atoms with Gasteiger partial charge in [0.15, 0.2) is 0 Å². The Balaban J connectivity index is 1.59. The van der Waals surface area contributed by atoms with Crippen LogP contribution < -0.4 is 0 Å². The molecule has 4 aliphatic rings. The van der Waals surface area contributed by atoms with Crippen LogP contribution in [-0.2, 0) is 9.53 Å². The van der Waals surface area contributed by atoms with E-state index in [2.05, 4.69) is 31.2 Å². The molecule has 0 saturated heterocycles. The number of fused-ring (bicyclic) bond motifs is 5. The Kier molecular flexibility index (Phi) is 4.51. The fourth-order valence-electron chi connectivity index (χ4n) is 7.14. The van der Waals surface area contributed by atoms with Crippen molar-refractivity contribution in [2.24, 2.45) is 33.7 Å². The molecule has 0 unspecified atom stereocenters. The summed E-state index contributed by atoms with van der Waals surface area (Å²) >= 11 is 0. The topological polar surface area (TPSA) is 58.9 Å². The molecule has 4 rings (SSSR count). The van der Waals surface area contributed by atoms with Crippen molar-refractivity contribution in [1.29, 1.82) is 0 Å². The van der Waals surface area contributed by atoms with Crippen molar-refractivity contribution in [3.63, 3.8) is 0 Å². The Labute approximate surface area is 162 Å².